The quantitative estimate of drug-likeness (QED) is 0.814. The van der Waals surface area contributed by atoms with Crippen LogP contribution in [0.4, 0.5) is 13.2 Å². The Morgan fingerprint density at radius 3 is 2.14 bits per heavy atom. The van der Waals surface area contributed by atoms with Gasteiger partial charge >= 0.3 is 6.18 Å². The molecule has 0 aliphatic carbocycles. The highest BCUT2D eigenvalue weighted by atomic mass is 35.5. The first-order chi connectivity index (χ1) is 8.89. The van der Waals surface area contributed by atoms with Crippen molar-refractivity contribution in [1.82, 2.24) is 10.2 Å². The van der Waals surface area contributed by atoms with Crippen molar-refractivity contribution in [2.24, 2.45) is 0 Å². The van der Waals surface area contributed by atoms with Gasteiger partial charge in [0, 0.05) is 36.2 Å². The van der Waals surface area contributed by atoms with Crippen molar-refractivity contribution in [3.05, 3.63) is 33.8 Å². The van der Waals surface area contributed by atoms with Gasteiger partial charge in [-0.15, -0.1) is 24.8 Å². The van der Waals surface area contributed by atoms with E-state index >= 15 is 0 Å². The second kappa shape index (κ2) is 8.65. The Kier molecular flexibility index (Phi) is 8.69. The molecular formula is C12H15Cl4F3N2. The fourth-order valence-corrected chi connectivity index (χ4v) is 2.76. The summed E-state index contributed by atoms with van der Waals surface area (Å²) in [4.78, 5) is 1.39. The van der Waals surface area contributed by atoms with Crippen LogP contribution in [-0.4, -0.2) is 37.3 Å². The van der Waals surface area contributed by atoms with E-state index in [0.29, 0.717) is 31.2 Å². The number of hydrogen-bond donors (Lipinski definition) is 1. The lowest BCUT2D eigenvalue weighted by Crippen LogP contribution is -2.49. The van der Waals surface area contributed by atoms with Crippen molar-refractivity contribution >= 4 is 48.0 Å². The number of rotatable bonds is 2. The summed E-state index contributed by atoms with van der Waals surface area (Å²) in [6.07, 6.45) is -4.37. The van der Waals surface area contributed by atoms with Gasteiger partial charge in [0.15, 0.2) is 0 Å². The monoisotopic (exact) mass is 384 g/mol. The molecule has 122 valence electrons. The highest BCUT2D eigenvalue weighted by Gasteiger charge is 2.45. The molecule has 0 saturated carbocycles. The number of nitrogens with zero attached hydrogens (tertiary/aromatic N) is 1. The highest BCUT2D eigenvalue weighted by molar-refractivity contribution is 6.35. The summed E-state index contributed by atoms with van der Waals surface area (Å²) < 4.78 is 40.0. The first kappa shape index (κ1) is 21.1. The Morgan fingerprint density at radius 2 is 1.67 bits per heavy atom. The Bertz CT molecular complexity index is 451. The number of nitrogens with one attached hydrogen (secondary N) is 1. The topological polar surface area (TPSA) is 15.3 Å². The average molecular weight is 386 g/mol. The zero-order valence-corrected chi connectivity index (χ0v) is 13.9. The van der Waals surface area contributed by atoms with E-state index in [9.17, 15) is 13.2 Å². The van der Waals surface area contributed by atoms with Gasteiger partial charge in [0.1, 0.15) is 6.04 Å². The fraction of sp³-hybridized carbons (Fsp3) is 0.500. The van der Waals surface area contributed by atoms with Crippen LogP contribution in [0.2, 0.25) is 10.0 Å². The minimum Gasteiger partial charge on any atom is -0.314 e. The van der Waals surface area contributed by atoms with Gasteiger partial charge in [0.25, 0.3) is 0 Å². The summed E-state index contributed by atoms with van der Waals surface area (Å²) in [5.74, 6) is 0. The lowest BCUT2D eigenvalue weighted by atomic mass is 10.0. The van der Waals surface area contributed by atoms with Gasteiger partial charge in [0.2, 0.25) is 0 Å². The summed E-state index contributed by atoms with van der Waals surface area (Å²) in [5, 5.41) is 3.41. The van der Waals surface area contributed by atoms with Crippen LogP contribution in [-0.2, 0) is 0 Å². The lowest BCUT2D eigenvalue weighted by Gasteiger charge is -2.36. The van der Waals surface area contributed by atoms with E-state index in [1.807, 2.05) is 0 Å². The maximum Gasteiger partial charge on any atom is 0.408 e. The molecule has 1 fully saturated rings. The third-order valence-electron chi connectivity index (χ3n) is 3.08. The molecule has 9 heteroatoms. The molecule has 1 heterocycles. The fourth-order valence-electron chi connectivity index (χ4n) is 2.24. The van der Waals surface area contributed by atoms with Crippen molar-refractivity contribution in [2.75, 3.05) is 26.2 Å². The third-order valence-corrected chi connectivity index (χ3v) is 3.65. The van der Waals surface area contributed by atoms with Gasteiger partial charge in [-0.05, 0) is 17.7 Å². The molecule has 2 nitrogen and oxygen atoms in total. The molecule has 1 N–H and O–H groups in total. The molecule has 0 amide bonds. The van der Waals surface area contributed by atoms with Crippen molar-refractivity contribution in [1.29, 1.82) is 0 Å². The van der Waals surface area contributed by atoms with Crippen molar-refractivity contribution in [3.8, 4) is 0 Å². The van der Waals surface area contributed by atoms with Crippen LogP contribution >= 0.6 is 48.0 Å². The molecule has 1 aromatic rings. The Morgan fingerprint density at radius 1 is 1.10 bits per heavy atom. The molecule has 21 heavy (non-hydrogen) atoms. The Hall–Kier alpha value is 0.0900. The lowest BCUT2D eigenvalue weighted by molar-refractivity contribution is -0.187. The van der Waals surface area contributed by atoms with E-state index < -0.39 is 12.2 Å². The normalized spacial score (nSPS) is 17.6. The minimum absolute atomic E-state index is 0. The van der Waals surface area contributed by atoms with Crippen LogP contribution in [0.5, 0.6) is 0 Å². The van der Waals surface area contributed by atoms with Gasteiger partial charge in [-0.25, -0.2) is 0 Å². The summed E-state index contributed by atoms with van der Waals surface area (Å²) >= 11 is 11.7. The Balaban J connectivity index is 0.00000200. The van der Waals surface area contributed by atoms with Gasteiger partial charge in [-0.2, -0.15) is 13.2 Å². The van der Waals surface area contributed by atoms with E-state index in [2.05, 4.69) is 5.32 Å². The molecule has 0 aromatic heterocycles. The van der Waals surface area contributed by atoms with E-state index in [0.717, 1.165) is 0 Å². The van der Waals surface area contributed by atoms with Gasteiger partial charge in [-0.3, -0.25) is 4.90 Å². The number of benzene rings is 1. The summed E-state index contributed by atoms with van der Waals surface area (Å²) in [5.41, 5.74) is 0.0560. The molecule has 2 rings (SSSR count). The number of halogens is 7. The second-order valence-electron chi connectivity index (χ2n) is 4.40. The summed E-state index contributed by atoms with van der Waals surface area (Å²) in [6.45, 7) is 1.75. The molecule has 1 aromatic carbocycles. The summed E-state index contributed by atoms with van der Waals surface area (Å²) in [6, 6.07) is 2.45. The standard InChI is InChI=1S/C12H13Cl2F3N2.2ClH/c13-8-1-2-9(10(14)7-8)11(12(15,16)17)19-5-3-18-4-6-19;;/h1-2,7,11,18H,3-6H2;2*1H/t11-;;/m1../s1. The summed E-state index contributed by atoms with van der Waals surface area (Å²) in [7, 11) is 0. The largest absolute Gasteiger partial charge is 0.408 e. The average Bonchev–Trinajstić information content (AvgIpc) is 2.32. The van der Waals surface area contributed by atoms with Crippen LogP contribution in [0.25, 0.3) is 0 Å². The van der Waals surface area contributed by atoms with Gasteiger partial charge in [-0.1, -0.05) is 29.3 Å². The molecule has 0 unspecified atom stereocenters. The van der Waals surface area contributed by atoms with Crippen LogP contribution in [0.3, 0.4) is 0 Å². The predicted octanol–water partition coefficient (Wildman–Crippen LogP) is 4.35. The zero-order chi connectivity index (χ0) is 14.0. The molecule has 0 spiro atoms. The van der Waals surface area contributed by atoms with Crippen molar-refractivity contribution in [3.63, 3.8) is 0 Å². The SMILES string of the molecule is Cl.Cl.FC(F)(F)[C@@H](c1ccc(Cl)cc1Cl)N1CCNCC1. The van der Waals surface area contributed by atoms with Crippen molar-refractivity contribution < 1.29 is 13.2 Å². The number of piperazine rings is 1. The van der Waals surface area contributed by atoms with E-state index in [1.54, 1.807) is 0 Å². The van der Waals surface area contributed by atoms with E-state index in [1.165, 1.54) is 23.1 Å². The number of hydrogen-bond acceptors (Lipinski definition) is 2. The molecule has 1 atom stereocenters. The van der Waals surface area contributed by atoms with Crippen LogP contribution in [0.1, 0.15) is 11.6 Å². The van der Waals surface area contributed by atoms with E-state index in [4.69, 9.17) is 23.2 Å². The highest BCUT2D eigenvalue weighted by Crippen LogP contribution is 2.41. The zero-order valence-electron chi connectivity index (χ0n) is 10.8. The smallest absolute Gasteiger partial charge is 0.314 e. The Labute approximate surface area is 143 Å². The third kappa shape index (κ3) is 5.34. The van der Waals surface area contributed by atoms with Gasteiger partial charge in [0.05, 0.1) is 0 Å². The molecule has 1 aliphatic heterocycles. The molecule has 0 bridgehead atoms. The van der Waals surface area contributed by atoms with Crippen molar-refractivity contribution in [2.45, 2.75) is 12.2 Å². The maximum absolute atomic E-state index is 13.3. The first-order valence-electron chi connectivity index (χ1n) is 5.86. The van der Waals surface area contributed by atoms with Crippen LogP contribution in [0.15, 0.2) is 18.2 Å². The maximum atomic E-state index is 13.3. The predicted molar refractivity (Wildman–Crippen MR) is 84.2 cm³/mol. The molecule has 1 saturated heterocycles. The minimum atomic E-state index is -4.37. The molecular weight excluding hydrogens is 371 g/mol. The van der Waals surface area contributed by atoms with E-state index in [-0.39, 0.29) is 35.4 Å². The molecule has 0 radical (unpaired) electrons. The van der Waals surface area contributed by atoms with Crippen LogP contribution in [0, 0.1) is 0 Å². The second-order valence-corrected chi connectivity index (χ2v) is 5.24. The number of alkyl halides is 3. The van der Waals surface area contributed by atoms with Crippen LogP contribution < -0.4 is 5.32 Å². The first-order valence-corrected chi connectivity index (χ1v) is 6.61. The van der Waals surface area contributed by atoms with Gasteiger partial charge < -0.3 is 5.32 Å². The molecule has 1 aliphatic rings.